The van der Waals surface area contributed by atoms with E-state index in [1.54, 1.807) is 0 Å². The molecular formula is C20H18Br2N4. The molecule has 0 aliphatic carbocycles. The van der Waals surface area contributed by atoms with Crippen LogP contribution in [0.15, 0.2) is 51.7 Å². The minimum Gasteiger partial charge on any atom is -0.294 e. The number of halogens is 2. The summed E-state index contributed by atoms with van der Waals surface area (Å²) in [6.07, 6.45) is 4.93. The van der Waals surface area contributed by atoms with Gasteiger partial charge in [0.2, 0.25) is 0 Å². The van der Waals surface area contributed by atoms with Crippen LogP contribution in [0.1, 0.15) is 22.6 Å². The Hall–Kier alpha value is -1.63. The number of hydrogen-bond donors (Lipinski definition) is 0. The van der Waals surface area contributed by atoms with Crippen molar-refractivity contribution in [1.29, 1.82) is 0 Å². The van der Waals surface area contributed by atoms with Crippen LogP contribution < -0.4 is 0 Å². The molecule has 1 aromatic carbocycles. The van der Waals surface area contributed by atoms with Crippen LogP contribution in [-0.2, 0) is 19.5 Å². The van der Waals surface area contributed by atoms with Crippen molar-refractivity contribution in [2.75, 3.05) is 6.54 Å². The Bertz CT molecular complexity index is 921. The Morgan fingerprint density at radius 3 is 2.58 bits per heavy atom. The highest BCUT2D eigenvalue weighted by atomic mass is 79.9. The first-order chi connectivity index (χ1) is 12.6. The van der Waals surface area contributed by atoms with Gasteiger partial charge < -0.3 is 0 Å². The van der Waals surface area contributed by atoms with Gasteiger partial charge in [0.05, 0.1) is 5.69 Å². The van der Waals surface area contributed by atoms with E-state index >= 15 is 0 Å². The minimum atomic E-state index is 0.858. The van der Waals surface area contributed by atoms with Crippen molar-refractivity contribution in [1.82, 2.24) is 19.9 Å². The van der Waals surface area contributed by atoms with E-state index in [0.717, 1.165) is 52.1 Å². The lowest BCUT2D eigenvalue weighted by Crippen LogP contribution is -2.31. The van der Waals surface area contributed by atoms with Crippen LogP contribution in [0.3, 0.4) is 0 Å². The molecule has 0 N–H and O–H groups in total. The van der Waals surface area contributed by atoms with Gasteiger partial charge in [-0.3, -0.25) is 9.88 Å². The topological polar surface area (TPSA) is 41.9 Å². The fourth-order valence-corrected chi connectivity index (χ4v) is 4.55. The SMILES string of the molecule is Cc1ncc2c(n1)CCN(Cc1ccc(-c3cc(Br)cc(Br)c3)nc1)C2. The molecule has 26 heavy (non-hydrogen) atoms. The Balaban J connectivity index is 1.47. The van der Waals surface area contributed by atoms with E-state index in [9.17, 15) is 0 Å². The lowest BCUT2D eigenvalue weighted by atomic mass is 10.1. The molecular weight excluding hydrogens is 456 g/mol. The highest BCUT2D eigenvalue weighted by Crippen LogP contribution is 2.27. The van der Waals surface area contributed by atoms with Crippen LogP contribution in [0.25, 0.3) is 11.3 Å². The third-order valence-electron chi connectivity index (χ3n) is 4.52. The van der Waals surface area contributed by atoms with Gasteiger partial charge in [0.1, 0.15) is 5.82 Å². The van der Waals surface area contributed by atoms with Crippen molar-refractivity contribution < 1.29 is 0 Å². The molecule has 4 rings (SSSR count). The molecule has 1 aliphatic heterocycles. The van der Waals surface area contributed by atoms with E-state index in [2.05, 4.69) is 76.0 Å². The molecule has 0 radical (unpaired) electrons. The molecule has 0 amide bonds. The third-order valence-corrected chi connectivity index (χ3v) is 5.44. The first-order valence-corrected chi connectivity index (χ1v) is 10.1. The summed E-state index contributed by atoms with van der Waals surface area (Å²) >= 11 is 7.07. The van der Waals surface area contributed by atoms with Crippen molar-refractivity contribution in [3.63, 3.8) is 0 Å². The maximum atomic E-state index is 4.66. The van der Waals surface area contributed by atoms with E-state index < -0.39 is 0 Å². The number of rotatable bonds is 3. The largest absolute Gasteiger partial charge is 0.294 e. The van der Waals surface area contributed by atoms with E-state index in [1.807, 2.05) is 25.4 Å². The second-order valence-electron chi connectivity index (χ2n) is 6.56. The predicted molar refractivity (Wildman–Crippen MR) is 110 cm³/mol. The first kappa shape index (κ1) is 17.8. The number of hydrogen-bond acceptors (Lipinski definition) is 4. The van der Waals surface area contributed by atoms with E-state index in [4.69, 9.17) is 0 Å². The number of aryl methyl sites for hydroxylation is 1. The van der Waals surface area contributed by atoms with Gasteiger partial charge in [0, 0.05) is 64.2 Å². The Morgan fingerprint density at radius 1 is 1.04 bits per heavy atom. The summed E-state index contributed by atoms with van der Waals surface area (Å²) in [6.45, 7) is 4.76. The summed E-state index contributed by atoms with van der Waals surface area (Å²) in [7, 11) is 0. The summed E-state index contributed by atoms with van der Waals surface area (Å²) in [5.41, 5.74) is 5.73. The van der Waals surface area contributed by atoms with Gasteiger partial charge in [-0.2, -0.15) is 0 Å². The van der Waals surface area contributed by atoms with Crippen molar-refractivity contribution in [3.05, 3.63) is 74.3 Å². The average Bonchev–Trinajstić information content (AvgIpc) is 2.62. The smallest absolute Gasteiger partial charge is 0.125 e. The maximum Gasteiger partial charge on any atom is 0.125 e. The Labute approximate surface area is 170 Å². The molecule has 0 saturated heterocycles. The predicted octanol–water partition coefficient (Wildman–Crippen LogP) is 4.93. The van der Waals surface area contributed by atoms with Gasteiger partial charge in [0.15, 0.2) is 0 Å². The van der Waals surface area contributed by atoms with Gasteiger partial charge in [-0.05, 0) is 36.8 Å². The molecule has 2 aromatic heterocycles. The van der Waals surface area contributed by atoms with Crippen LogP contribution in [0.5, 0.6) is 0 Å². The molecule has 0 spiro atoms. The normalized spacial score (nSPS) is 14.3. The zero-order valence-corrected chi connectivity index (χ0v) is 17.6. The minimum absolute atomic E-state index is 0.858. The summed E-state index contributed by atoms with van der Waals surface area (Å²) in [4.78, 5) is 16.0. The molecule has 6 heteroatoms. The van der Waals surface area contributed by atoms with Gasteiger partial charge in [-0.1, -0.05) is 37.9 Å². The quantitative estimate of drug-likeness (QED) is 0.540. The van der Waals surface area contributed by atoms with Crippen LogP contribution in [0.2, 0.25) is 0 Å². The van der Waals surface area contributed by atoms with Crippen LogP contribution in [0, 0.1) is 6.92 Å². The highest BCUT2D eigenvalue weighted by molar-refractivity contribution is 9.11. The van der Waals surface area contributed by atoms with Crippen LogP contribution in [-0.4, -0.2) is 26.4 Å². The Kier molecular flexibility index (Phi) is 5.16. The zero-order valence-electron chi connectivity index (χ0n) is 14.4. The summed E-state index contributed by atoms with van der Waals surface area (Å²) in [6, 6.07) is 10.4. The molecule has 3 heterocycles. The van der Waals surface area contributed by atoms with Crippen LogP contribution in [0.4, 0.5) is 0 Å². The summed E-state index contributed by atoms with van der Waals surface area (Å²) < 4.78 is 2.08. The molecule has 0 atom stereocenters. The van der Waals surface area contributed by atoms with Gasteiger partial charge in [-0.15, -0.1) is 0 Å². The second kappa shape index (κ2) is 7.55. The lowest BCUT2D eigenvalue weighted by Gasteiger charge is -2.27. The zero-order chi connectivity index (χ0) is 18.1. The standard InChI is InChI=1S/C20H18Br2N4/c1-13-23-10-16-12-26(5-4-20(16)25-13)11-14-2-3-19(24-9-14)15-6-17(21)8-18(22)7-15/h2-3,6-10H,4-5,11-12H2,1H3. The van der Waals surface area contributed by atoms with Crippen molar-refractivity contribution in [2.24, 2.45) is 0 Å². The van der Waals surface area contributed by atoms with Crippen molar-refractivity contribution >= 4 is 31.9 Å². The molecule has 4 nitrogen and oxygen atoms in total. The van der Waals surface area contributed by atoms with Gasteiger partial charge in [0.25, 0.3) is 0 Å². The average molecular weight is 474 g/mol. The third kappa shape index (κ3) is 4.03. The summed E-state index contributed by atoms with van der Waals surface area (Å²) in [5, 5.41) is 0. The molecule has 132 valence electrons. The number of nitrogens with zero attached hydrogens (tertiary/aromatic N) is 4. The monoisotopic (exact) mass is 472 g/mol. The molecule has 1 aliphatic rings. The molecule has 0 fully saturated rings. The fourth-order valence-electron chi connectivity index (χ4n) is 3.26. The lowest BCUT2D eigenvalue weighted by molar-refractivity contribution is 0.242. The van der Waals surface area contributed by atoms with E-state index in [1.165, 1.54) is 16.8 Å². The van der Waals surface area contributed by atoms with Gasteiger partial charge in [-0.25, -0.2) is 9.97 Å². The number of fused-ring (bicyclic) bond motifs is 1. The first-order valence-electron chi connectivity index (χ1n) is 8.52. The molecule has 0 unspecified atom stereocenters. The Morgan fingerprint density at radius 2 is 1.85 bits per heavy atom. The fraction of sp³-hybridized carbons (Fsp3) is 0.250. The maximum absolute atomic E-state index is 4.66. The number of pyridine rings is 1. The second-order valence-corrected chi connectivity index (χ2v) is 8.39. The van der Waals surface area contributed by atoms with E-state index in [0.29, 0.717) is 0 Å². The van der Waals surface area contributed by atoms with E-state index in [-0.39, 0.29) is 0 Å². The van der Waals surface area contributed by atoms with Gasteiger partial charge >= 0.3 is 0 Å². The molecule has 3 aromatic rings. The molecule has 0 bridgehead atoms. The number of aromatic nitrogens is 3. The highest BCUT2D eigenvalue weighted by Gasteiger charge is 2.18. The number of benzene rings is 1. The van der Waals surface area contributed by atoms with Crippen molar-refractivity contribution in [3.8, 4) is 11.3 Å². The van der Waals surface area contributed by atoms with Crippen molar-refractivity contribution in [2.45, 2.75) is 26.4 Å². The summed E-state index contributed by atoms with van der Waals surface area (Å²) in [5.74, 6) is 0.858. The van der Waals surface area contributed by atoms with Crippen LogP contribution >= 0.6 is 31.9 Å². The molecule has 0 saturated carbocycles.